The second kappa shape index (κ2) is 10.6. The van der Waals surface area contributed by atoms with E-state index < -0.39 is 0 Å². The maximum Gasteiger partial charge on any atom is 0.281 e. The first-order valence-corrected chi connectivity index (χ1v) is 12.8. The second-order valence-electron chi connectivity index (χ2n) is 8.29. The van der Waals surface area contributed by atoms with Crippen molar-refractivity contribution < 1.29 is 18.7 Å². The molecule has 5 rings (SSSR count). The van der Waals surface area contributed by atoms with Gasteiger partial charge in [0.15, 0.2) is 5.11 Å². The lowest BCUT2D eigenvalue weighted by Gasteiger charge is -2.14. The monoisotopic (exact) mass is 578 g/mol. The molecule has 0 unspecified atom stereocenters. The zero-order valence-corrected chi connectivity index (χ0v) is 22.3. The highest BCUT2D eigenvalue weighted by Crippen LogP contribution is 2.29. The summed E-state index contributed by atoms with van der Waals surface area (Å²) in [6.07, 6.45) is 5.18. The first-order chi connectivity index (χ1) is 17.9. The quantitative estimate of drug-likeness (QED) is 0.226. The summed E-state index contributed by atoms with van der Waals surface area (Å²) < 4.78 is 13.5. The summed E-state index contributed by atoms with van der Waals surface area (Å²) in [6.45, 7) is 2.89. The third-order valence-electron chi connectivity index (χ3n) is 5.81. The Morgan fingerprint density at radius 3 is 2.76 bits per heavy atom. The third kappa shape index (κ3) is 5.30. The highest BCUT2D eigenvalue weighted by molar-refractivity contribution is 9.10. The van der Waals surface area contributed by atoms with Crippen molar-refractivity contribution in [1.82, 2.24) is 15.2 Å². The molecule has 1 fully saturated rings. The summed E-state index contributed by atoms with van der Waals surface area (Å²) in [5, 5.41) is 7.08. The van der Waals surface area contributed by atoms with Crippen LogP contribution in [0.15, 0.2) is 81.6 Å². The van der Waals surface area contributed by atoms with E-state index in [1.807, 2.05) is 35.9 Å². The topological polar surface area (TPSA) is 88.7 Å². The number of carbonyl (C=O) groups is 2. The number of ether oxygens (including phenoxy) is 1. The average Bonchev–Trinajstić information content (AvgIpc) is 3.58. The molecule has 0 aliphatic carbocycles. The smallest absolute Gasteiger partial charge is 0.281 e. The first kappa shape index (κ1) is 24.8. The van der Waals surface area contributed by atoms with Crippen LogP contribution in [0.3, 0.4) is 0 Å². The Hall–Kier alpha value is -3.89. The second-order valence-corrected chi connectivity index (χ2v) is 9.59. The molecule has 2 aromatic heterocycles. The molecular formula is C27H23BrN4O4S. The van der Waals surface area contributed by atoms with Crippen molar-refractivity contribution in [3.8, 4) is 5.75 Å². The number of hydrogen-bond donors (Lipinski definition) is 2. The molecule has 3 heterocycles. The van der Waals surface area contributed by atoms with Gasteiger partial charge in [-0.2, -0.15) is 0 Å². The van der Waals surface area contributed by atoms with Gasteiger partial charge in [0, 0.05) is 27.1 Å². The Labute approximate surface area is 227 Å². The summed E-state index contributed by atoms with van der Waals surface area (Å²) in [7, 11) is 0. The van der Waals surface area contributed by atoms with Crippen LogP contribution >= 0.6 is 28.1 Å². The number of nitrogens with zero attached hydrogens (tertiary/aromatic N) is 2. The van der Waals surface area contributed by atoms with E-state index in [-0.39, 0.29) is 18.4 Å². The zero-order chi connectivity index (χ0) is 25.9. The number of thiocarbonyl (C=S) groups is 1. The van der Waals surface area contributed by atoms with Crippen molar-refractivity contribution in [1.29, 1.82) is 0 Å². The standard InChI is InChI=1S/C27H23BrN4O4S/c1-2-35-20-8-6-19(7-9-20)32-26(34)23(30-27(32)37)12-17-15-31(24-10-5-18(28)13-22(17)24)16-25(33)29-14-21-4-3-11-36-21/h3-13,15H,2,14,16H2,1H3,(H,29,33)(H,30,37)/b23-12-. The predicted molar refractivity (Wildman–Crippen MR) is 149 cm³/mol. The number of aromatic nitrogens is 1. The molecule has 0 radical (unpaired) electrons. The van der Waals surface area contributed by atoms with Crippen LogP contribution in [0.2, 0.25) is 0 Å². The first-order valence-electron chi connectivity index (χ1n) is 11.6. The maximum atomic E-state index is 13.3. The molecule has 2 aromatic carbocycles. The normalized spacial score (nSPS) is 14.4. The number of fused-ring (bicyclic) bond motifs is 1. The van der Waals surface area contributed by atoms with Crippen molar-refractivity contribution in [2.75, 3.05) is 11.5 Å². The van der Waals surface area contributed by atoms with Crippen LogP contribution in [0.25, 0.3) is 17.0 Å². The summed E-state index contributed by atoms with van der Waals surface area (Å²) >= 11 is 8.99. The number of nitrogens with one attached hydrogen (secondary N) is 2. The van der Waals surface area contributed by atoms with E-state index in [1.165, 1.54) is 4.90 Å². The van der Waals surface area contributed by atoms with Gasteiger partial charge in [0.25, 0.3) is 5.91 Å². The van der Waals surface area contributed by atoms with Crippen LogP contribution in [0.4, 0.5) is 5.69 Å². The molecule has 1 aliphatic rings. The number of halogens is 1. The van der Waals surface area contributed by atoms with Crippen LogP contribution in [0.1, 0.15) is 18.2 Å². The molecule has 10 heteroatoms. The van der Waals surface area contributed by atoms with E-state index in [4.69, 9.17) is 21.4 Å². The number of carbonyl (C=O) groups excluding carboxylic acids is 2. The van der Waals surface area contributed by atoms with Crippen molar-refractivity contribution in [2.24, 2.45) is 0 Å². The third-order valence-corrected chi connectivity index (χ3v) is 6.59. The van der Waals surface area contributed by atoms with Crippen LogP contribution in [-0.4, -0.2) is 28.1 Å². The molecule has 0 spiro atoms. The summed E-state index contributed by atoms with van der Waals surface area (Å²) in [5.74, 6) is 0.979. The van der Waals surface area contributed by atoms with Gasteiger partial charge in [-0.05, 0) is 79.8 Å². The molecule has 188 valence electrons. The number of furan rings is 1. The van der Waals surface area contributed by atoms with E-state index in [1.54, 1.807) is 48.7 Å². The van der Waals surface area contributed by atoms with Gasteiger partial charge in [0.05, 0.1) is 25.1 Å². The van der Waals surface area contributed by atoms with Gasteiger partial charge in [-0.25, -0.2) is 0 Å². The molecule has 1 aliphatic heterocycles. The molecule has 2 N–H and O–H groups in total. The molecule has 8 nitrogen and oxygen atoms in total. The minimum atomic E-state index is -0.263. The maximum absolute atomic E-state index is 13.3. The van der Waals surface area contributed by atoms with Gasteiger partial charge in [-0.15, -0.1) is 0 Å². The van der Waals surface area contributed by atoms with E-state index in [2.05, 4.69) is 26.6 Å². The van der Waals surface area contributed by atoms with Crippen molar-refractivity contribution in [3.05, 3.63) is 88.6 Å². The molecular weight excluding hydrogens is 556 g/mol. The SMILES string of the molecule is CCOc1ccc(N2C(=O)/C(=C/c3cn(CC(=O)NCc4ccco4)c4ccc(Br)cc34)NC2=S)cc1. The highest BCUT2D eigenvalue weighted by Gasteiger charge is 2.32. The molecule has 4 aromatic rings. The molecule has 1 saturated heterocycles. The molecule has 0 saturated carbocycles. The van der Waals surface area contributed by atoms with Crippen molar-refractivity contribution in [3.63, 3.8) is 0 Å². The largest absolute Gasteiger partial charge is 0.494 e. The van der Waals surface area contributed by atoms with Crippen molar-refractivity contribution in [2.45, 2.75) is 20.0 Å². The lowest BCUT2D eigenvalue weighted by molar-refractivity contribution is -0.121. The fraction of sp³-hybridized carbons (Fsp3) is 0.148. The molecule has 37 heavy (non-hydrogen) atoms. The Kier molecular flexibility index (Phi) is 7.11. The average molecular weight is 579 g/mol. The number of rotatable bonds is 8. The van der Waals surface area contributed by atoms with Crippen LogP contribution < -0.4 is 20.3 Å². The number of amides is 2. The number of hydrogen-bond acceptors (Lipinski definition) is 5. The van der Waals surface area contributed by atoms with Gasteiger partial charge < -0.3 is 24.4 Å². The lowest BCUT2D eigenvalue weighted by atomic mass is 10.1. The van der Waals surface area contributed by atoms with E-state index in [0.717, 1.165) is 26.7 Å². The number of benzene rings is 2. The van der Waals surface area contributed by atoms with E-state index in [9.17, 15) is 9.59 Å². The van der Waals surface area contributed by atoms with Crippen LogP contribution in [0, 0.1) is 0 Å². The zero-order valence-electron chi connectivity index (χ0n) is 19.9. The van der Waals surface area contributed by atoms with E-state index >= 15 is 0 Å². The van der Waals surface area contributed by atoms with Gasteiger partial charge in [0.2, 0.25) is 5.91 Å². The minimum absolute atomic E-state index is 0.111. The van der Waals surface area contributed by atoms with E-state index in [0.29, 0.717) is 35.4 Å². The number of anilines is 1. The summed E-state index contributed by atoms with van der Waals surface area (Å²) in [4.78, 5) is 27.4. The highest BCUT2D eigenvalue weighted by atomic mass is 79.9. The Bertz CT molecular complexity index is 1510. The Morgan fingerprint density at radius 2 is 2.03 bits per heavy atom. The molecule has 0 atom stereocenters. The fourth-order valence-electron chi connectivity index (χ4n) is 4.14. The Morgan fingerprint density at radius 1 is 1.22 bits per heavy atom. The predicted octanol–water partition coefficient (Wildman–Crippen LogP) is 4.97. The van der Waals surface area contributed by atoms with Gasteiger partial charge in [-0.3, -0.25) is 14.5 Å². The fourth-order valence-corrected chi connectivity index (χ4v) is 4.79. The minimum Gasteiger partial charge on any atom is -0.494 e. The molecule has 0 bridgehead atoms. The van der Waals surface area contributed by atoms with Gasteiger partial charge in [-0.1, -0.05) is 15.9 Å². The molecule has 2 amide bonds. The summed E-state index contributed by atoms with van der Waals surface area (Å²) in [5.41, 5.74) is 2.63. The van der Waals surface area contributed by atoms with Crippen molar-refractivity contribution >= 4 is 67.7 Å². The van der Waals surface area contributed by atoms with Crippen LogP contribution in [-0.2, 0) is 22.7 Å². The van der Waals surface area contributed by atoms with Gasteiger partial charge in [0.1, 0.15) is 23.8 Å². The van der Waals surface area contributed by atoms with Crippen LogP contribution in [0.5, 0.6) is 5.75 Å². The Balaban J connectivity index is 1.41. The summed E-state index contributed by atoms with van der Waals surface area (Å²) in [6, 6.07) is 16.6. The lowest BCUT2D eigenvalue weighted by Crippen LogP contribution is -2.30. The van der Waals surface area contributed by atoms with Gasteiger partial charge >= 0.3 is 0 Å².